The number of thiophene rings is 1. The average molecular weight is 336 g/mol. The highest BCUT2D eigenvalue weighted by molar-refractivity contribution is 7.21. The largest absolute Gasteiger partial charge is 0.506 e. The van der Waals surface area contributed by atoms with E-state index in [0.717, 1.165) is 26.2 Å². The summed E-state index contributed by atoms with van der Waals surface area (Å²) < 4.78 is 1.05. The maximum absolute atomic E-state index is 10.3. The third kappa shape index (κ3) is 2.76. The molecule has 0 aliphatic rings. The molecule has 5 heteroatoms. The van der Waals surface area contributed by atoms with Crippen molar-refractivity contribution >= 4 is 44.1 Å². The van der Waals surface area contributed by atoms with Crippen LogP contribution in [0.25, 0.3) is 21.3 Å². The molecule has 0 aliphatic heterocycles. The van der Waals surface area contributed by atoms with Crippen LogP contribution in [0, 0.1) is 0 Å². The lowest BCUT2D eigenvalue weighted by atomic mass is 10.2. The Kier molecular flexibility index (Phi) is 3.65. The lowest BCUT2D eigenvalue weighted by molar-refractivity contribution is 0.483. The molecule has 0 spiro atoms. The van der Waals surface area contributed by atoms with Crippen molar-refractivity contribution in [1.29, 1.82) is 0 Å². The van der Waals surface area contributed by atoms with Gasteiger partial charge in [-0.05, 0) is 12.1 Å². The van der Waals surface area contributed by atoms with E-state index in [4.69, 9.17) is 0 Å². The number of aliphatic imine (C=N–C) groups is 1. The summed E-state index contributed by atoms with van der Waals surface area (Å²) in [5.41, 5.74) is 2.00. The van der Waals surface area contributed by atoms with Crippen LogP contribution in [0.4, 0.5) is 5.13 Å². The molecular weight excluding hydrogens is 324 g/mol. The zero-order valence-electron chi connectivity index (χ0n) is 12.0. The van der Waals surface area contributed by atoms with Crippen LogP contribution >= 0.6 is 22.7 Å². The third-order valence-electron chi connectivity index (χ3n) is 3.45. The first-order valence-corrected chi connectivity index (χ1v) is 8.76. The van der Waals surface area contributed by atoms with Crippen LogP contribution in [-0.2, 0) is 0 Å². The van der Waals surface area contributed by atoms with Gasteiger partial charge >= 0.3 is 0 Å². The first kappa shape index (κ1) is 14.1. The maximum atomic E-state index is 10.3. The summed E-state index contributed by atoms with van der Waals surface area (Å²) in [6.45, 7) is 0. The number of benzene rings is 2. The maximum Gasteiger partial charge on any atom is 0.209 e. The van der Waals surface area contributed by atoms with Gasteiger partial charge in [-0.2, -0.15) is 0 Å². The summed E-state index contributed by atoms with van der Waals surface area (Å²) in [5, 5.41) is 13.8. The van der Waals surface area contributed by atoms with E-state index in [2.05, 4.69) is 9.98 Å². The third-order valence-corrected chi connectivity index (χ3v) is 5.29. The van der Waals surface area contributed by atoms with E-state index in [9.17, 15) is 5.11 Å². The standard InChI is InChI=1S/C18H12N2OS2/c21-17-13-8-4-5-9-15(13)23-16(17)10-19-18-20-14(11-22-18)12-6-2-1-3-7-12/h1-11,21H/b19-10+. The molecule has 2 aromatic carbocycles. The predicted octanol–water partition coefficient (Wildman–Crippen LogP) is 5.48. The van der Waals surface area contributed by atoms with Crippen molar-refractivity contribution in [3.05, 3.63) is 64.9 Å². The van der Waals surface area contributed by atoms with E-state index in [1.54, 1.807) is 6.21 Å². The van der Waals surface area contributed by atoms with E-state index in [-0.39, 0.29) is 5.75 Å². The van der Waals surface area contributed by atoms with Crippen LogP contribution in [0.5, 0.6) is 5.75 Å². The molecule has 4 rings (SSSR count). The molecule has 0 aliphatic carbocycles. The summed E-state index contributed by atoms with van der Waals surface area (Å²) in [6.07, 6.45) is 1.69. The Balaban J connectivity index is 1.63. The monoisotopic (exact) mass is 336 g/mol. The van der Waals surface area contributed by atoms with Gasteiger partial charge in [0.2, 0.25) is 5.13 Å². The highest BCUT2D eigenvalue weighted by Gasteiger charge is 2.09. The second-order valence-corrected chi connectivity index (χ2v) is 6.87. The molecule has 3 nitrogen and oxygen atoms in total. The number of rotatable bonds is 3. The smallest absolute Gasteiger partial charge is 0.209 e. The summed E-state index contributed by atoms with van der Waals surface area (Å²) in [5.74, 6) is 0.286. The zero-order valence-corrected chi connectivity index (χ0v) is 13.6. The van der Waals surface area contributed by atoms with Crippen molar-refractivity contribution in [2.45, 2.75) is 0 Å². The lowest BCUT2D eigenvalue weighted by Crippen LogP contribution is -1.76. The van der Waals surface area contributed by atoms with Crippen LogP contribution in [0.15, 0.2) is 65.0 Å². The van der Waals surface area contributed by atoms with Crippen molar-refractivity contribution < 1.29 is 5.11 Å². The molecular formula is C18H12N2OS2. The number of aromatic hydroxyl groups is 1. The molecule has 2 aromatic heterocycles. The first-order valence-electron chi connectivity index (χ1n) is 7.07. The van der Waals surface area contributed by atoms with Gasteiger partial charge < -0.3 is 5.11 Å². The molecule has 112 valence electrons. The van der Waals surface area contributed by atoms with Gasteiger partial charge in [0.1, 0.15) is 5.75 Å². The molecule has 0 amide bonds. The normalized spacial score (nSPS) is 11.5. The van der Waals surface area contributed by atoms with Gasteiger partial charge in [0.25, 0.3) is 0 Å². The van der Waals surface area contributed by atoms with Crippen LogP contribution in [0.3, 0.4) is 0 Å². The van der Waals surface area contributed by atoms with Crippen LogP contribution in [0.2, 0.25) is 0 Å². The number of hydrogen-bond acceptors (Lipinski definition) is 5. The van der Waals surface area contributed by atoms with Gasteiger partial charge in [0.15, 0.2) is 0 Å². The zero-order chi connectivity index (χ0) is 15.6. The molecule has 0 saturated heterocycles. The Morgan fingerprint density at radius 2 is 1.78 bits per heavy atom. The van der Waals surface area contributed by atoms with Gasteiger partial charge in [-0.1, -0.05) is 42.5 Å². The molecule has 1 N–H and O–H groups in total. The van der Waals surface area contributed by atoms with Crippen molar-refractivity contribution in [3.8, 4) is 17.0 Å². The van der Waals surface area contributed by atoms with Gasteiger partial charge in [-0.25, -0.2) is 9.98 Å². The van der Waals surface area contributed by atoms with E-state index in [0.29, 0.717) is 5.13 Å². The summed E-state index contributed by atoms with van der Waals surface area (Å²) >= 11 is 3.01. The average Bonchev–Trinajstić information content (AvgIpc) is 3.19. The number of aromatic nitrogens is 1. The van der Waals surface area contributed by atoms with E-state index < -0.39 is 0 Å². The highest BCUT2D eigenvalue weighted by atomic mass is 32.1. The second kappa shape index (κ2) is 5.95. The van der Waals surface area contributed by atoms with E-state index in [1.165, 1.54) is 22.7 Å². The molecule has 0 atom stereocenters. The van der Waals surface area contributed by atoms with E-state index in [1.807, 2.05) is 60.0 Å². The molecule has 0 radical (unpaired) electrons. The topological polar surface area (TPSA) is 45.5 Å². The highest BCUT2D eigenvalue weighted by Crippen LogP contribution is 2.36. The van der Waals surface area contributed by atoms with Gasteiger partial charge in [0, 0.05) is 21.0 Å². The van der Waals surface area contributed by atoms with Crippen LogP contribution in [-0.4, -0.2) is 16.3 Å². The minimum Gasteiger partial charge on any atom is -0.506 e. The Morgan fingerprint density at radius 1 is 1.00 bits per heavy atom. The molecule has 0 unspecified atom stereocenters. The Labute approximate surface area is 141 Å². The van der Waals surface area contributed by atoms with Gasteiger partial charge in [-0.3, -0.25) is 0 Å². The Bertz CT molecular complexity index is 987. The minimum absolute atomic E-state index is 0.286. The second-order valence-electron chi connectivity index (χ2n) is 4.95. The first-order chi connectivity index (χ1) is 11.3. The van der Waals surface area contributed by atoms with Crippen LogP contribution < -0.4 is 0 Å². The molecule has 2 heterocycles. The molecule has 0 saturated carbocycles. The minimum atomic E-state index is 0.286. The number of nitrogens with zero attached hydrogens (tertiary/aromatic N) is 2. The van der Waals surface area contributed by atoms with Crippen LogP contribution in [0.1, 0.15) is 4.88 Å². The summed E-state index contributed by atoms with van der Waals surface area (Å²) in [7, 11) is 0. The fourth-order valence-electron chi connectivity index (χ4n) is 2.32. The predicted molar refractivity (Wildman–Crippen MR) is 98.3 cm³/mol. The fraction of sp³-hybridized carbons (Fsp3) is 0. The molecule has 23 heavy (non-hydrogen) atoms. The van der Waals surface area contributed by atoms with Gasteiger partial charge in [-0.15, -0.1) is 22.7 Å². The lowest BCUT2D eigenvalue weighted by Gasteiger charge is -1.93. The number of hydrogen-bond donors (Lipinski definition) is 1. The number of fused-ring (bicyclic) bond motifs is 1. The number of thiazole rings is 1. The molecule has 0 bridgehead atoms. The summed E-state index contributed by atoms with van der Waals surface area (Å²) in [6, 6.07) is 17.8. The van der Waals surface area contributed by atoms with Gasteiger partial charge in [0.05, 0.1) is 16.8 Å². The summed E-state index contributed by atoms with van der Waals surface area (Å²) in [4.78, 5) is 9.69. The van der Waals surface area contributed by atoms with E-state index >= 15 is 0 Å². The quantitative estimate of drug-likeness (QED) is 0.503. The SMILES string of the molecule is Oc1c(/C=N/c2nc(-c3ccccc3)cs2)sc2ccccc12. The van der Waals surface area contributed by atoms with Crippen molar-refractivity contribution in [1.82, 2.24) is 4.98 Å². The fourth-order valence-corrected chi connectivity index (χ4v) is 3.96. The Morgan fingerprint density at radius 3 is 2.61 bits per heavy atom. The Hall–Kier alpha value is -2.50. The molecule has 0 fully saturated rings. The van der Waals surface area contributed by atoms with Crippen molar-refractivity contribution in [3.63, 3.8) is 0 Å². The van der Waals surface area contributed by atoms with Crippen molar-refractivity contribution in [2.24, 2.45) is 4.99 Å². The van der Waals surface area contributed by atoms with Crippen molar-refractivity contribution in [2.75, 3.05) is 0 Å². The molecule has 4 aromatic rings.